The van der Waals surface area contributed by atoms with Crippen molar-refractivity contribution in [1.29, 1.82) is 0 Å². The van der Waals surface area contributed by atoms with Crippen molar-refractivity contribution >= 4 is 5.91 Å². The molecule has 1 amide bonds. The standard InChI is InChI=1S/C33H54N2O2/c1-7-8-9-10-11-12-13-14-15-16-17-18-19-22-25-37-32-24-21-20-23-31(32)29(5)33(36)35(34)30(6)28(4)26-27(2)3/h20-21,23-24,26,29H,2,6-19,22,25,34H2,1,3-5H3/b28-26-. The number of ether oxygens (including phenoxy) is 1. The van der Waals surface area contributed by atoms with Crippen LogP contribution in [0.1, 0.15) is 129 Å². The number of carbonyl (C=O) groups excluding carboxylic acids is 1. The summed E-state index contributed by atoms with van der Waals surface area (Å²) in [5.41, 5.74) is 3.02. The second kappa shape index (κ2) is 19.7. The van der Waals surface area contributed by atoms with E-state index in [0.29, 0.717) is 12.3 Å². The van der Waals surface area contributed by atoms with Crippen LogP contribution in [0.5, 0.6) is 5.75 Å². The predicted molar refractivity (Wildman–Crippen MR) is 159 cm³/mol. The highest BCUT2D eigenvalue weighted by Crippen LogP contribution is 2.29. The smallest absolute Gasteiger partial charge is 0.248 e. The summed E-state index contributed by atoms with van der Waals surface area (Å²) in [6.07, 6.45) is 20.6. The minimum Gasteiger partial charge on any atom is -0.493 e. The molecule has 0 bridgehead atoms. The zero-order chi connectivity index (χ0) is 27.5. The molecule has 0 saturated carbocycles. The van der Waals surface area contributed by atoms with E-state index in [0.717, 1.165) is 33.9 Å². The number of rotatable bonds is 21. The van der Waals surface area contributed by atoms with E-state index in [2.05, 4.69) is 20.1 Å². The van der Waals surface area contributed by atoms with Crippen molar-refractivity contribution < 1.29 is 9.53 Å². The number of amides is 1. The Morgan fingerprint density at radius 2 is 1.38 bits per heavy atom. The number of hydrogen-bond acceptors (Lipinski definition) is 3. The fourth-order valence-corrected chi connectivity index (χ4v) is 4.57. The van der Waals surface area contributed by atoms with Crippen molar-refractivity contribution in [1.82, 2.24) is 5.01 Å². The number of hydrazine groups is 1. The Bertz CT molecular complexity index is 842. The molecule has 37 heavy (non-hydrogen) atoms. The molecular weight excluding hydrogens is 456 g/mol. The van der Waals surface area contributed by atoms with E-state index < -0.39 is 5.92 Å². The van der Waals surface area contributed by atoms with Gasteiger partial charge in [-0.05, 0) is 38.8 Å². The van der Waals surface area contributed by atoms with Crippen molar-refractivity contribution in [3.05, 3.63) is 65.9 Å². The number of carbonyl (C=O) groups is 1. The fourth-order valence-electron chi connectivity index (χ4n) is 4.57. The van der Waals surface area contributed by atoms with Crippen LogP contribution in [0.15, 0.2) is 60.3 Å². The maximum atomic E-state index is 13.1. The van der Waals surface area contributed by atoms with Crippen molar-refractivity contribution in [2.24, 2.45) is 5.84 Å². The SMILES string of the molecule is C=C(C)/C=C(/C)C(=C)N(N)C(=O)C(C)c1ccccc1OCCCCCCCCCCCCCCCC. The van der Waals surface area contributed by atoms with Crippen molar-refractivity contribution in [2.75, 3.05) is 6.61 Å². The lowest BCUT2D eigenvalue weighted by atomic mass is 9.98. The number of hydrogen-bond donors (Lipinski definition) is 1. The fraction of sp³-hybridized carbons (Fsp3) is 0.606. The van der Waals surface area contributed by atoms with E-state index in [4.69, 9.17) is 10.6 Å². The first-order valence-electron chi connectivity index (χ1n) is 14.6. The van der Waals surface area contributed by atoms with Crippen LogP contribution >= 0.6 is 0 Å². The summed E-state index contributed by atoms with van der Waals surface area (Å²) in [4.78, 5) is 13.1. The third-order valence-corrected chi connectivity index (χ3v) is 6.96. The van der Waals surface area contributed by atoms with E-state index in [9.17, 15) is 4.79 Å². The molecule has 0 saturated heterocycles. The summed E-state index contributed by atoms with van der Waals surface area (Å²) in [6.45, 7) is 16.4. The first-order valence-corrected chi connectivity index (χ1v) is 14.6. The third-order valence-electron chi connectivity index (χ3n) is 6.96. The van der Waals surface area contributed by atoms with Crippen molar-refractivity contribution in [3.8, 4) is 5.75 Å². The average molecular weight is 511 g/mol. The quantitative estimate of drug-likeness (QED) is 0.0589. The number of allylic oxidation sites excluding steroid dienone is 3. The molecule has 0 fully saturated rings. The Balaban J connectivity index is 2.32. The molecule has 1 atom stereocenters. The van der Waals surface area contributed by atoms with Gasteiger partial charge in [0.25, 0.3) is 0 Å². The van der Waals surface area contributed by atoms with Crippen LogP contribution in [0.3, 0.4) is 0 Å². The molecule has 0 aliphatic carbocycles. The van der Waals surface area contributed by atoms with Gasteiger partial charge in [0.15, 0.2) is 0 Å². The van der Waals surface area contributed by atoms with Gasteiger partial charge in [-0.15, -0.1) is 0 Å². The molecule has 0 radical (unpaired) electrons. The zero-order valence-corrected chi connectivity index (χ0v) is 24.3. The highest BCUT2D eigenvalue weighted by molar-refractivity contribution is 5.85. The van der Waals surface area contributed by atoms with Gasteiger partial charge < -0.3 is 4.74 Å². The summed E-state index contributed by atoms with van der Waals surface area (Å²) >= 11 is 0. The molecule has 208 valence electrons. The topological polar surface area (TPSA) is 55.6 Å². The number of unbranched alkanes of at least 4 members (excludes halogenated alkanes) is 13. The van der Waals surface area contributed by atoms with Gasteiger partial charge in [-0.3, -0.25) is 4.79 Å². The van der Waals surface area contributed by atoms with E-state index >= 15 is 0 Å². The number of nitrogens with zero attached hydrogens (tertiary/aromatic N) is 1. The lowest BCUT2D eigenvalue weighted by molar-refractivity contribution is -0.130. The van der Waals surface area contributed by atoms with E-state index in [1.807, 2.05) is 51.1 Å². The first-order chi connectivity index (χ1) is 17.8. The number of nitrogens with two attached hydrogens (primary N) is 1. The van der Waals surface area contributed by atoms with Gasteiger partial charge >= 0.3 is 0 Å². The number of para-hydroxylation sites is 1. The molecule has 4 heteroatoms. The Hall–Kier alpha value is -2.33. The average Bonchev–Trinajstić information content (AvgIpc) is 2.89. The minimum absolute atomic E-state index is 0.216. The maximum absolute atomic E-state index is 13.1. The Labute approximate surface area is 228 Å². The van der Waals surface area contributed by atoms with Gasteiger partial charge in [0.1, 0.15) is 5.75 Å². The monoisotopic (exact) mass is 510 g/mol. The van der Waals surface area contributed by atoms with Gasteiger partial charge in [-0.1, -0.05) is 133 Å². The summed E-state index contributed by atoms with van der Waals surface area (Å²) < 4.78 is 6.10. The Kier molecular flexibility index (Phi) is 17.4. The summed E-state index contributed by atoms with van der Waals surface area (Å²) in [6, 6.07) is 7.75. The normalized spacial score (nSPS) is 12.3. The molecule has 1 aromatic carbocycles. The maximum Gasteiger partial charge on any atom is 0.248 e. The summed E-state index contributed by atoms with van der Waals surface area (Å²) in [5.74, 6) is 6.24. The second-order valence-electron chi connectivity index (χ2n) is 10.5. The van der Waals surface area contributed by atoms with Crippen LogP contribution in [0.4, 0.5) is 0 Å². The zero-order valence-electron chi connectivity index (χ0n) is 24.3. The molecule has 1 aromatic rings. The Morgan fingerprint density at radius 3 is 1.89 bits per heavy atom. The lowest BCUT2D eigenvalue weighted by Gasteiger charge is -2.24. The molecule has 1 unspecified atom stereocenters. The molecule has 0 aromatic heterocycles. The molecule has 4 nitrogen and oxygen atoms in total. The third kappa shape index (κ3) is 13.7. The molecule has 0 heterocycles. The molecular formula is C33H54N2O2. The lowest BCUT2D eigenvalue weighted by Crippen LogP contribution is -2.39. The molecule has 0 spiro atoms. The van der Waals surface area contributed by atoms with E-state index in [-0.39, 0.29) is 5.91 Å². The second-order valence-corrected chi connectivity index (χ2v) is 10.5. The summed E-state index contributed by atoms with van der Waals surface area (Å²) in [5, 5.41) is 1.14. The molecule has 2 N–H and O–H groups in total. The van der Waals surface area contributed by atoms with Gasteiger partial charge in [-0.2, -0.15) is 0 Å². The van der Waals surface area contributed by atoms with Gasteiger partial charge in [0, 0.05) is 5.56 Å². The van der Waals surface area contributed by atoms with Crippen LogP contribution < -0.4 is 10.6 Å². The van der Waals surface area contributed by atoms with Crippen molar-refractivity contribution in [3.63, 3.8) is 0 Å². The predicted octanol–water partition coefficient (Wildman–Crippen LogP) is 9.39. The van der Waals surface area contributed by atoms with Crippen LogP contribution in [-0.2, 0) is 4.79 Å². The van der Waals surface area contributed by atoms with E-state index in [1.54, 1.807) is 0 Å². The van der Waals surface area contributed by atoms with Crippen LogP contribution in [0.25, 0.3) is 0 Å². The van der Waals surface area contributed by atoms with E-state index in [1.165, 1.54) is 83.5 Å². The molecule has 0 aliphatic rings. The van der Waals surface area contributed by atoms with Gasteiger partial charge in [-0.25, -0.2) is 10.9 Å². The van der Waals surface area contributed by atoms with Crippen LogP contribution in [0.2, 0.25) is 0 Å². The summed E-state index contributed by atoms with van der Waals surface area (Å²) in [7, 11) is 0. The van der Waals surface area contributed by atoms with Gasteiger partial charge in [0.2, 0.25) is 5.91 Å². The van der Waals surface area contributed by atoms with Crippen LogP contribution in [-0.4, -0.2) is 17.5 Å². The highest BCUT2D eigenvalue weighted by atomic mass is 16.5. The molecule has 1 rings (SSSR count). The minimum atomic E-state index is -0.438. The highest BCUT2D eigenvalue weighted by Gasteiger charge is 2.24. The Morgan fingerprint density at radius 1 is 0.892 bits per heavy atom. The number of benzene rings is 1. The van der Waals surface area contributed by atoms with Crippen LogP contribution in [0, 0.1) is 0 Å². The first kappa shape index (κ1) is 32.7. The van der Waals surface area contributed by atoms with Crippen molar-refractivity contribution in [2.45, 2.75) is 124 Å². The van der Waals surface area contributed by atoms with Gasteiger partial charge in [0.05, 0.1) is 18.2 Å². The largest absolute Gasteiger partial charge is 0.493 e. The molecule has 0 aliphatic heterocycles.